The van der Waals surface area contributed by atoms with Gasteiger partial charge in [-0.2, -0.15) is 5.10 Å². The van der Waals surface area contributed by atoms with Gasteiger partial charge < -0.3 is 20.9 Å². The van der Waals surface area contributed by atoms with Crippen molar-refractivity contribution in [2.24, 2.45) is 5.92 Å². The van der Waals surface area contributed by atoms with Crippen LogP contribution < -0.4 is 11.1 Å². The molecule has 186 valence electrons. The van der Waals surface area contributed by atoms with Crippen molar-refractivity contribution in [2.75, 3.05) is 38.2 Å². The molecule has 0 aliphatic carbocycles. The van der Waals surface area contributed by atoms with Gasteiger partial charge in [-0.3, -0.25) is 14.3 Å². The second-order valence-electron chi connectivity index (χ2n) is 9.72. The molecule has 1 aliphatic rings. The Morgan fingerprint density at radius 2 is 2.00 bits per heavy atom. The lowest BCUT2D eigenvalue weighted by Crippen LogP contribution is -2.46. The van der Waals surface area contributed by atoms with E-state index < -0.39 is 11.8 Å². The van der Waals surface area contributed by atoms with E-state index >= 15 is 0 Å². The van der Waals surface area contributed by atoms with Crippen LogP contribution in [0.3, 0.4) is 0 Å². The molecule has 1 aliphatic heterocycles. The summed E-state index contributed by atoms with van der Waals surface area (Å²) >= 11 is 0. The fourth-order valence-electron chi connectivity index (χ4n) is 4.70. The molecule has 1 saturated heterocycles. The molecule has 9 nitrogen and oxygen atoms in total. The first-order valence-corrected chi connectivity index (χ1v) is 12.2. The Hall–Kier alpha value is -3.46. The molecular formula is C26H35N7O2. The number of anilines is 2. The minimum atomic E-state index is -0.657. The molecule has 1 fully saturated rings. The maximum Gasteiger partial charge on any atom is 0.313 e. The highest BCUT2D eigenvalue weighted by atomic mass is 16.2. The van der Waals surface area contributed by atoms with Crippen LogP contribution in [0.1, 0.15) is 43.9 Å². The minimum absolute atomic E-state index is 0.158. The van der Waals surface area contributed by atoms with Crippen molar-refractivity contribution in [2.45, 2.75) is 45.7 Å². The first-order valence-electron chi connectivity index (χ1n) is 12.2. The summed E-state index contributed by atoms with van der Waals surface area (Å²) in [6.45, 7) is 6.33. The number of aryl methyl sites for hydroxylation is 1. The molecule has 2 atom stereocenters. The van der Waals surface area contributed by atoms with Gasteiger partial charge in [0.05, 0.1) is 36.2 Å². The number of pyridine rings is 1. The van der Waals surface area contributed by atoms with Crippen molar-refractivity contribution in [3.8, 4) is 0 Å². The Morgan fingerprint density at radius 3 is 2.74 bits per heavy atom. The molecule has 0 radical (unpaired) electrons. The number of carbonyl (C=O) groups excluding carboxylic acids is 2. The van der Waals surface area contributed by atoms with Crippen LogP contribution in [-0.2, 0) is 22.6 Å². The molecule has 1 aromatic carbocycles. The van der Waals surface area contributed by atoms with Gasteiger partial charge in [-0.15, -0.1) is 0 Å². The largest absolute Gasteiger partial charge is 0.383 e. The fraction of sp³-hybridized carbons (Fsp3) is 0.462. The molecule has 2 amide bonds. The van der Waals surface area contributed by atoms with Crippen molar-refractivity contribution >= 4 is 34.2 Å². The van der Waals surface area contributed by atoms with Crippen molar-refractivity contribution < 1.29 is 9.59 Å². The van der Waals surface area contributed by atoms with Crippen LogP contribution >= 0.6 is 0 Å². The van der Waals surface area contributed by atoms with E-state index in [1.54, 1.807) is 11.0 Å². The molecule has 3 aromatic rings. The van der Waals surface area contributed by atoms with E-state index in [-0.39, 0.29) is 6.04 Å². The predicted molar refractivity (Wildman–Crippen MR) is 138 cm³/mol. The second kappa shape index (κ2) is 10.4. The third-order valence-electron chi connectivity index (χ3n) is 6.72. The molecule has 9 heteroatoms. The average molecular weight is 478 g/mol. The number of nitrogens with one attached hydrogen (secondary N) is 1. The molecule has 3 heterocycles. The fourth-order valence-corrected chi connectivity index (χ4v) is 4.70. The van der Waals surface area contributed by atoms with Gasteiger partial charge in [0.2, 0.25) is 0 Å². The zero-order valence-corrected chi connectivity index (χ0v) is 21.0. The lowest BCUT2D eigenvalue weighted by molar-refractivity contribution is -0.146. The number of piperidine rings is 1. The van der Waals surface area contributed by atoms with E-state index in [0.29, 0.717) is 30.4 Å². The number of likely N-dealkylation sites (N-methyl/N-ethyl adjacent to an activating group) is 1. The summed E-state index contributed by atoms with van der Waals surface area (Å²) in [5.41, 5.74) is 9.27. The van der Waals surface area contributed by atoms with E-state index in [9.17, 15) is 9.59 Å². The van der Waals surface area contributed by atoms with Crippen LogP contribution in [0.15, 0.2) is 36.7 Å². The summed E-state index contributed by atoms with van der Waals surface area (Å²) in [6.07, 6.45) is 5.86. The molecule has 4 rings (SSSR count). The van der Waals surface area contributed by atoms with Gasteiger partial charge >= 0.3 is 11.8 Å². The van der Waals surface area contributed by atoms with Gasteiger partial charge in [0.15, 0.2) is 0 Å². The summed E-state index contributed by atoms with van der Waals surface area (Å²) in [4.78, 5) is 34.2. The summed E-state index contributed by atoms with van der Waals surface area (Å²) in [6, 6.07) is 7.85. The van der Waals surface area contributed by atoms with E-state index in [1.165, 1.54) is 6.20 Å². The van der Waals surface area contributed by atoms with Crippen LogP contribution in [0, 0.1) is 5.92 Å². The van der Waals surface area contributed by atoms with Crippen molar-refractivity contribution in [3.05, 3.63) is 47.8 Å². The molecule has 0 saturated carbocycles. The Morgan fingerprint density at radius 1 is 1.20 bits per heavy atom. The summed E-state index contributed by atoms with van der Waals surface area (Å²) in [5.74, 6) is -0.430. The average Bonchev–Trinajstić information content (AvgIpc) is 3.25. The first kappa shape index (κ1) is 24.7. The summed E-state index contributed by atoms with van der Waals surface area (Å²) < 4.78 is 2.00. The molecule has 35 heavy (non-hydrogen) atoms. The first-order chi connectivity index (χ1) is 16.8. The normalized spacial score (nSPS) is 18.3. The number of carbonyl (C=O) groups is 2. The second-order valence-corrected chi connectivity index (χ2v) is 9.72. The number of benzene rings is 1. The molecule has 0 unspecified atom stereocenters. The standard InChI is InChI=1S/C26H35N7O2/c1-5-18-13-21(15-28-24(18)27)30-25(34)26(35)32-16-17(2)6-8-22(32)19-7-9-23-20(12-19)14-29-33(23)11-10-31(3)4/h7,9,12-15,17,22H,5-6,8,10-11,16H2,1-4H3,(H2,27,28)(H,30,34)/t17-,22+/m1/s1. The van der Waals surface area contributed by atoms with Crippen LogP contribution in [0.2, 0.25) is 0 Å². The number of amides is 2. The Kier molecular flexibility index (Phi) is 7.35. The lowest BCUT2D eigenvalue weighted by atomic mass is 9.89. The van der Waals surface area contributed by atoms with Gasteiger partial charge in [-0.1, -0.05) is 19.9 Å². The SMILES string of the molecule is CCc1cc(NC(=O)C(=O)N2C[C@H](C)CC[C@H]2c2ccc3c(cnn3CCN(C)C)c2)cnc1N. The lowest BCUT2D eigenvalue weighted by Gasteiger charge is -2.38. The zero-order chi connectivity index (χ0) is 25.1. The van der Waals surface area contributed by atoms with E-state index in [1.807, 2.05) is 31.9 Å². The number of hydrogen-bond donors (Lipinski definition) is 2. The van der Waals surface area contributed by atoms with Crippen molar-refractivity contribution in [3.63, 3.8) is 0 Å². The maximum absolute atomic E-state index is 13.3. The number of nitrogens with two attached hydrogens (primary N) is 1. The molecule has 0 spiro atoms. The number of nitrogen functional groups attached to an aromatic ring is 1. The molecular weight excluding hydrogens is 442 g/mol. The Bertz CT molecular complexity index is 1220. The van der Waals surface area contributed by atoms with Gasteiger partial charge in [-0.05, 0) is 68.6 Å². The molecule has 2 aromatic heterocycles. The number of hydrogen-bond acceptors (Lipinski definition) is 6. The monoisotopic (exact) mass is 477 g/mol. The third-order valence-corrected chi connectivity index (χ3v) is 6.72. The van der Waals surface area contributed by atoms with Crippen LogP contribution in [-0.4, -0.2) is 63.6 Å². The zero-order valence-electron chi connectivity index (χ0n) is 21.0. The van der Waals surface area contributed by atoms with Crippen molar-refractivity contribution in [1.29, 1.82) is 0 Å². The molecule has 3 N–H and O–H groups in total. The highest BCUT2D eigenvalue weighted by molar-refractivity contribution is 6.39. The van der Waals surface area contributed by atoms with Gasteiger partial charge in [0.1, 0.15) is 5.82 Å². The highest BCUT2D eigenvalue weighted by Gasteiger charge is 2.34. The predicted octanol–water partition coefficient (Wildman–Crippen LogP) is 3.08. The number of nitrogens with zero attached hydrogens (tertiary/aromatic N) is 5. The van der Waals surface area contributed by atoms with E-state index in [0.717, 1.165) is 48.0 Å². The topological polar surface area (TPSA) is 109 Å². The van der Waals surface area contributed by atoms with Crippen LogP contribution in [0.5, 0.6) is 0 Å². The minimum Gasteiger partial charge on any atom is -0.383 e. The number of likely N-dealkylation sites (tertiary alicyclic amines) is 1. The van der Waals surface area contributed by atoms with E-state index in [2.05, 4.69) is 45.4 Å². The number of fused-ring (bicyclic) bond motifs is 1. The summed E-state index contributed by atoms with van der Waals surface area (Å²) in [7, 11) is 4.09. The van der Waals surface area contributed by atoms with E-state index in [4.69, 9.17) is 5.73 Å². The number of aromatic nitrogens is 3. The smallest absolute Gasteiger partial charge is 0.313 e. The van der Waals surface area contributed by atoms with Gasteiger partial charge in [0.25, 0.3) is 0 Å². The van der Waals surface area contributed by atoms with Gasteiger partial charge in [-0.25, -0.2) is 4.98 Å². The highest BCUT2D eigenvalue weighted by Crippen LogP contribution is 2.35. The maximum atomic E-state index is 13.3. The summed E-state index contributed by atoms with van der Waals surface area (Å²) in [5, 5.41) is 8.30. The van der Waals surface area contributed by atoms with Crippen LogP contribution in [0.4, 0.5) is 11.5 Å². The van der Waals surface area contributed by atoms with Crippen LogP contribution in [0.25, 0.3) is 10.9 Å². The van der Waals surface area contributed by atoms with Crippen molar-refractivity contribution in [1.82, 2.24) is 24.6 Å². The quantitative estimate of drug-likeness (QED) is 0.528. The Balaban J connectivity index is 1.55. The third kappa shape index (κ3) is 5.45. The Labute approximate surface area is 206 Å². The van der Waals surface area contributed by atoms with Gasteiger partial charge in [0, 0.05) is 18.5 Å². The molecule has 0 bridgehead atoms. The number of rotatable bonds is 6.